The average molecular weight is 285 g/mol. The van der Waals surface area contributed by atoms with Crippen LogP contribution >= 0.6 is 11.3 Å². The average Bonchev–Trinajstić information content (AvgIpc) is 3.10. The van der Waals surface area contributed by atoms with E-state index in [4.69, 9.17) is 9.47 Å². The molecule has 0 atom stereocenters. The molecule has 0 bridgehead atoms. The van der Waals surface area contributed by atoms with E-state index < -0.39 is 5.97 Å². The first-order valence-electron chi connectivity index (χ1n) is 5.95. The molecule has 5 heteroatoms. The molecular weight excluding hydrogens is 274 g/mol. The van der Waals surface area contributed by atoms with Crippen LogP contribution in [0.25, 0.3) is 6.08 Å². The monoisotopic (exact) mass is 285 g/mol. The highest BCUT2D eigenvalue weighted by Gasteiger charge is 2.24. The molecule has 0 fully saturated rings. The lowest BCUT2D eigenvalue weighted by atomic mass is 10.2. The summed E-state index contributed by atoms with van der Waals surface area (Å²) in [5.74, 6) is 0.556. The molecule has 2 aromatic rings. The van der Waals surface area contributed by atoms with E-state index in [2.05, 4.69) is 4.99 Å². The largest absolute Gasteiger partial charge is 0.497 e. The number of esters is 1. The van der Waals surface area contributed by atoms with Crippen LogP contribution in [0.3, 0.4) is 0 Å². The van der Waals surface area contributed by atoms with Crippen LogP contribution in [0.4, 0.5) is 0 Å². The molecule has 0 aliphatic carbocycles. The fraction of sp³-hybridized carbons (Fsp3) is 0.0667. The Morgan fingerprint density at radius 3 is 3.00 bits per heavy atom. The van der Waals surface area contributed by atoms with Gasteiger partial charge in [-0.3, -0.25) is 0 Å². The quantitative estimate of drug-likeness (QED) is 0.643. The Bertz CT molecular complexity index is 702. The highest BCUT2D eigenvalue weighted by molar-refractivity contribution is 7.08. The topological polar surface area (TPSA) is 47.9 Å². The van der Waals surface area contributed by atoms with E-state index in [-0.39, 0.29) is 0 Å². The molecule has 0 radical (unpaired) electrons. The summed E-state index contributed by atoms with van der Waals surface area (Å²) in [7, 11) is 1.59. The van der Waals surface area contributed by atoms with Gasteiger partial charge in [0.15, 0.2) is 5.70 Å². The third-order valence-corrected chi connectivity index (χ3v) is 3.49. The minimum Gasteiger partial charge on any atom is -0.497 e. The molecule has 0 saturated carbocycles. The molecule has 1 aliphatic rings. The molecule has 2 heterocycles. The third-order valence-electron chi connectivity index (χ3n) is 2.78. The number of hydrogen-bond acceptors (Lipinski definition) is 5. The van der Waals surface area contributed by atoms with E-state index in [0.29, 0.717) is 22.9 Å². The van der Waals surface area contributed by atoms with E-state index >= 15 is 0 Å². The number of thiophene rings is 1. The maximum atomic E-state index is 11.8. The molecule has 4 nitrogen and oxygen atoms in total. The summed E-state index contributed by atoms with van der Waals surface area (Å²) in [5.41, 5.74) is 1.96. The van der Waals surface area contributed by atoms with E-state index in [1.54, 1.807) is 30.6 Å². The van der Waals surface area contributed by atoms with Crippen molar-refractivity contribution >= 4 is 29.3 Å². The van der Waals surface area contributed by atoms with Crippen molar-refractivity contribution < 1.29 is 14.3 Å². The molecular formula is C15H11NO3S. The van der Waals surface area contributed by atoms with Gasteiger partial charge in [-0.1, -0.05) is 6.07 Å². The SMILES string of the molecule is COc1cccc(C2=N/C(=C\c3ccsc3)C(=O)O2)c1. The summed E-state index contributed by atoms with van der Waals surface area (Å²) in [4.78, 5) is 16.1. The van der Waals surface area contributed by atoms with Gasteiger partial charge < -0.3 is 9.47 Å². The van der Waals surface area contributed by atoms with E-state index in [1.807, 2.05) is 35.0 Å². The van der Waals surface area contributed by atoms with E-state index in [0.717, 1.165) is 5.56 Å². The van der Waals surface area contributed by atoms with Crippen molar-refractivity contribution in [2.45, 2.75) is 0 Å². The first-order valence-corrected chi connectivity index (χ1v) is 6.90. The standard InChI is InChI=1S/C15H11NO3S/c1-18-12-4-2-3-11(8-12)14-16-13(15(17)19-14)7-10-5-6-20-9-10/h2-9H,1H3/b13-7-. The van der Waals surface area contributed by atoms with Gasteiger partial charge in [0.2, 0.25) is 5.90 Å². The Balaban J connectivity index is 1.93. The van der Waals surface area contributed by atoms with Gasteiger partial charge >= 0.3 is 5.97 Å². The predicted molar refractivity (Wildman–Crippen MR) is 77.9 cm³/mol. The van der Waals surface area contributed by atoms with Gasteiger partial charge in [0, 0.05) is 5.56 Å². The predicted octanol–water partition coefficient (Wildman–Crippen LogP) is 3.10. The second-order valence-electron chi connectivity index (χ2n) is 4.12. The molecule has 0 unspecified atom stereocenters. The number of nitrogens with zero attached hydrogens (tertiary/aromatic N) is 1. The van der Waals surface area contributed by atoms with Gasteiger partial charge in [-0.05, 0) is 46.7 Å². The van der Waals surface area contributed by atoms with Crippen molar-refractivity contribution in [2.24, 2.45) is 4.99 Å². The minimum atomic E-state index is -0.436. The number of carbonyl (C=O) groups excluding carboxylic acids is 1. The molecule has 3 rings (SSSR count). The van der Waals surface area contributed by atoms with Crippen LogP contribution in [0.15, 0.2) is 51.8 Å². The summed E-state index contributed by atoms with van der Waals surface area (Å²) >= 11 is 1.56. The minimum absolute atomic E-state index is 0.301. The van der Waals surface area contributed by atoms with Gasteiger partial charge in [-0.25, -0.2) is 9.79 Å². The first-order chi connectivity index (χ1) is 9.76. The zero-order valence-electron chi connectivity index (χ0n) is 10.7. The molecule has 1 aromatic heterocycles. The second kappa shape index (κ2) is 5.30. The van der Waals surface area contributed by atoms with Crippen LogP contribution < -0.4 is 4.74 Å². The fourth-order valence-electron chi connectivity index (χ4n) is 1.80. The number of carbonyl (C=O) groups is 1. The molecule has 0 spiro atoms. The number of methoxy groups -OCH3 is 1. The first kappa shape index (κ1) is 12.6. The van der Waals surface area contributed by atoms with Crippen molar-refractivity contribution in [2.75, 3.05) is 7.11 Å². The second-order valence-corrected chi connectivity index (χ2v) is 4.90. The molecule has 0 N–H and O–H groups in total. The summed E-state index contributed by atoms with van der Waals surface area (Å²) in [6.07, 6.45) is 1.71. The van der Waals surface area contributed by atoms with Gasteiger partial charge in [-0.2, -0.15) is 11.3 Å². The van der Waals surface area contributed by atoms with Crippen LogP contribution in [-0.2, 0) is 9.53 Å². The highest BCUT2D eigenvalue weighted by Crippen LogP contribution is 2.22. The lowest BCUT2D eigenvalue weighted by Crippen LogP contribution is -2.05. The van der Waals surface area contributed by atoms with E-state index in [9.17, 15) is 4.79 Å². The Morgan fingerprint density at radius 1 is 1.35 bits per heavy atom. The van der Waals surface area contributed by atoms with Crippen LogP contribution in [0.5, 0.6) is 5.75 Å². The number of aliphatic imine (C=N–C) groups is 1. The van der Waals surface area contributed by atoms with Gasteiger partial charge in [0.1, 0.15) is 5.75 Å². The molecule has 100 valence electrons. The zero-order valence-corrected chi connectivity index (χ0v) is 11.5. The van der Waals surface area contributed by atoms with Crippen molar-refractivity contribution in [1.82, 2.24) is 0 Å². The number of hydrogen-bond donors (Lipinski definition) is 0. The van der Waals surface area contributed by atoms with Crippen molar-refractivity contribution in [3.05, 3.63) is 57.9 Å². The van der Waals surface area contributed by atoms with Crippen molar-refractivity contribution in [3.8, 4) is 5.75 Å². The molecule has 20 heavy (non-hydrogen) atoms. The smallest absolute Gasteiger partial charge is 0.363 e. The normalized spacial score (nSPS) is 16.1. The van der Waals surface area contributed by atoms with Crippen LogP contribution in [0.1, 0.15) is 11.1 Å². The van der Waals surface area contributed by atoms with E-state index in [1.165, 1.54) is 0 Å². The summed E-state index contributed by atoms with van der Waals surface area (Å²) in [5, 5.41) is 3.89. The third kappa shape index (κ3) is 2.48. The summed E-state index contributed by atoms with van der Waals surface area (Å²) in [6.45, 7) is 0. The molecule has 0 amide bonds. The summed E-state index contributed by atoms with van der Waals surface area (Å²) < 4.78 is 10.3. The van der Waals surface area contributed by atoms with Crippen LogP contribution in [-0.4, -0.2) is 19.0 Å². The molecule has 1 aromatic carbocycles. The highest BCUT2D eigenvalue weighted by atomic mass is 32.1. The Hall–Kier alpha value is -2.40. The molecule has 0 saturated heterocycles. The number of benzene rings is 1. The van der Waals surface area contributed by atoms with Crippen molar-refractivity contribution in [3.63, 3.8) is 0 Å². The van der Waals surface area contributed by atoms with Crippen LogP contribution in [0, 0.1) is 0 Å². The lowest BCUT2D eigenvalue weighted by Gasteiger charge is -2.02. The summed E-state index contributed by atoms with van der Waals surface area (Å²) in [6, 6.07) is 9.17. The van der Waals surface area contributed by atoms with Crippen molar-refractivity contribution in [1.29, 1.82) is 0 Å². The number of rotatable bonds is 3. The fourth-order valence-corrected chi connectivity index (χ4v) is 2.42. The van der Waals surface area contributed by atoms with Gasteiger partial charge in [0.05, 0.1) is 7.11 Å². The Morgan fingerprint density at radius 2 is 2.25 bits per heavy atom. The Labute approximate surface area is 120 Å². The van der Waals surface area contributed by atoms with Crippen LogP contribution in [0.2, 0.25) is 0 Å². The Kier molecular flexibility index (Phi) is 3.35. The zero-order chi connectivity index (χ0) is 13.9. The number of ether oxygens (including phenoxy) is 2. The lowest BCUT2D eigenvalue weighted by molar-refractivity contribution is -0.129. The van der Waals surface area contributed by atoms with Gasteiger partial charge in [-0.15, -0.1) is 0 Å². The molecule has 1 aliphatic heterocycles. The number of cyclic esters (lactones) is 1. The maximum absolute atomic E-state index is 11.8. The van der Waals surface area contributed by atoms with Gasteiger partial charge in [0.25, 0.3) is 0 Å². The maximum Gasteiger partial charge on any atom is 0.363 e.